The summed E-state index contributed by atoms with van der Waals surface area (Å²) < 4.78 is 26.5. The minimum absolute atomic E-state index is 0.0688. The molecule has 8 nitrogen and oxygen atoms in total. The largest absolute Gasteiger partial charge is 0.343 e. The first-order valence-corrected chi connectivity index (χ1v) is 15.2. The van der Waals surface area contributed by atoms with Gasteiger partial charge in [-0.05, 0) is 48.4 Å². The van der Waals surface area contributed by atoms with E-state index in [1.54, 1.807) is 24.3 Å². The molecule has 1 aromatic carbocycles. The number of sulfone groups is 1. The van der Waals surface area contributed by atoms with Crippen LogP contribution in [0.25, 0.3) is 0 Å². The van der Waals surface area contributed by atoms with Crippen LogP contribution in [0.4, 0.5) is 0 Å². The Labute approximate surface area is 219 Å². The summed E-state index contributed by atoms with van der Waals surface area (Å²) in [6.07, 6.45) is 3.10. The Morgan fingerprint density at radius 1 is 1.17 bits per heavy atom. The van der Waals surface area contributed by atoms with Gasteiger partial charge in [-0.1, -0.05) is 33.6 Å². The molecule has 0 bridgehead atoms. The van der Waals surface area contributed by atoms with Gasteiger partial charge in [0.05, 0.1) is 22.0 Å². The monoisotopic (exact) mass is 534 g/mol. The van der Waals surface area contributed by atoms with Gasteiger partial charge in [0.15, 0.2) is 9.84 Å². The first-order chi connectivity index (χ1) is 17.0. The van der Waals surface area contributed by atoms with E-state index in [9.17, 15) is 18.0 Å². The van der Waals surface area contributed by atoms with Gasteiger partial charge in [0, 0.05) is 37.0 Å². The molecule has 2 amide bonds. The van der Waals surface area contributed by atoms with Gasteiger partial charge >= 0.3 is 0 Å². The molecule has 0 radical (unpaired) electrons. The van der Waals surface area contributed by atoms with Crippen molar-refractivity contribution in [2.75, 3.05) is 38.5 Å². The average molecular weight is 535 g/mol. The SMILES string of the molecule is CC(C)(C)C(Sc1ccc(S(=O)(=O)C[C@@H]2CCCC[C@H]2C(=O)NCC#N)cc1)C(=O)N1CCNCC1. The number of amides is 2. The van der Waals surface area contributed by atoms with Crippen molar-refractivity contribution in [2.24, 2.45) is 17.3 Å². The number of piperazine rings is 1. The van der Waals surface area contributed by atoms with Gasteiger partial charge in [-0.2, -0.15) is 5.26 Å². The number of rotatable bonds is 8. The Kier molecular flexibility index (Phi) is 9.84. The molecule has 1 heterocycles. The first kappa shape index (κ1) is 28.5. The molecule has 1 saturated heterocycles. The van der Waals surface area contributed by atoms with Crippen LogP contribution in [-0.4, -0.2) is 68.9 Å². The van der Waals surface area contributed by atoms with Crippen LogP contribution in [0.2, 0.25) is 0 Å². The highest BCUT2D eigenvalue weighted by atomic mass is 32.2. The standard InChI is InChI=1S/C26H38N4O4S2/c1-26(2,3)23(25(32)30-16-14-28-15-17-30)35-20-8-10-21(11-9-20)36(33,34)18-19-6-4-5-7-22(19)24(31)29-13-12-27/h8-11,19,22-23,28H,4-7,13-18H2,1-3H3,(H,29,31)/t19-,22+,23?/m0/s1. The molecule has 3 rings (SSSR count). The zero-order chi connectivity index (χ0) is 26.3. The van der Waals surface area contributed by atoms with Gasteiger partial charge in [-0.15, -0.1) is 11.8 Å². The predicted molar refractivity (Wildman–Crippen MR) is 141 cm³/mol. The summed E-state index contributed by atoms with van der Waals surface area (Å²) in [6, 6.07) is 8.68. The molecule has 36 heavy (non-hydrogen) atoms. The molecule has 1 aromatic rings. The van der Waals surface area contributed by atoms with E-state index in [2.05, 4.69) is 31.4 Å². The fraction of sp³-hybridized carbons (Fsp3) is 0.654. The zero-order valence-corrected chi connectivity index (χ0v) is 23.1. The van der Waals surface area contributed by atoms with Crippen LogP contribution in [0.15, 0.2) is 34.1 Å². The first-order valence-electron chi connectivity index (χ1n) is 12.7. The number of nitrogens with one attached hydrogen (secondary N) is 2. The molecule has 1 aliphatic carbocycles. The van der Waals surface area contributed by atoms with Crippen molar-refractivity contribution in [1.29, 1.82) is 5.26 Å². The lowest BCUT2D eigenvalue weighted by molar-refractivity contribution is -0.133. The minimum atomic E-state index is -3.59. The summed E-state index contributed by atoms with van der Waals surface area (Å²) in [7, 11) is -3.59. The second-order valence-electron chi connectivity index (χ2n) is 10.7. The maximum absolute atomic E-state index is 13.3. The van der Waals surface area contributed by atoms with E-state index in [1.807, 2.05) is 11.0 Å². The minimum Gasteiger partial charge on any atom is -0.343 e. The summed E-state index contributed by atoms with van der Waals surface area (Å²) in [5.74, 6) is -0.857. The topological polar surface area (TPSA) is 119 Å². The Balaban J connectivity index is 1.70. The summed E-state index contributed by atoms with van der Waals surface area (Å²) in [5.41, 5.74) is -0.264. The third-order valence-corrected chi connectivity index (χ3v) is 10.4. The van der Waals surface area contributed by atoms with Crippen molar-refractivity contribution in [2.45, 2.75) is 61.5 Å². The lowest BCUT2D eigenvalue weighted by atomic mass is 9.80. The summed E-state index contributed by atoms with van der Waals surface area (Å²) in [6.45, 7) is 9.06. The number of benzene rings is 1. The molecule has 1 aliphatic heterocycles. The number of carbonyl (C=O) groups is 2. The molecule has 2 N–H and O–H groups in total. The maximum Gasteiger partial charge on any atom is 0.236 e. The lowest BCUT2D eigenvalue weighted by Gasteiger charge is -2.36. The van der Waals surface area contributed by atoms with E-state index in [0.29, 0.717) is 25.9 Å². The normalized spacial score (nSPS) is 21.9. The molecule has 0 aromatic heterocycles. The fourth-order valence-corrected chi connectivity index (χ4v) is 7.77. The quantitative estimate of drug-likeness (QED) is 0.389. The summed E-state index contributed by atoms with van der Waals surface area (Å²) >= 11 is 1.48. The van der Waals surface area contributed by atoms with Crippen LogP contribution in [-0.2, 0) is 19.4 Å². The van der Waals surface area contributed by atoms with Crippen LogP contribution < -0.4 is 10.6 Å². The number of carbonyl (C=O) groups excluding carboxylic acids is 2. The Morgan fingerprint density at radius 2 is 1.81 bits per heavy atom. The summed E-state index contributed by atoms with van der Waals surface area (Å²) in [5, 5.41) is 14.3. The van der Waals surface area contributed by atoms with Gasteiger partial charge in [0.1, 0.15) is 6.54 Å². The summed E-state index contributed by atoms with van der Waals surface area (Å²) in [4.78, 5) is 28.8. The number of hydrogen-bond donors (Lipinski definition) is 2. The maximum atomic E-state index is 13.3. The van der Waals surface area contributed by atoms with Crippen LogP contribution in [0.1, 0.15) is 46.5 Å². The molecule has 3 atom stereocenters. The second kappa shape index (κ2) is 12.4. The molecule has 1 saturated carbocycles. The van der Waals surface area contributed by atoms with Crippen molar-refractivity contribution in [3.8, 4) is 6.07 Å². The molecule has 1 unspecified atom stereocenters. The van der Waals surface area contributed by atoms with E-state index < -0.39 is 9.84 Å². The van der Waals surface area contributed by atoms with E-state index in [1.165, 1.54) is 11.8 Å². The third kappa shape index (κ3) is 7.46. The number of nitriles is 1. The van der Waals surface area contributed by atoms with Crippen molar-refractivity contribution < 1.29 is 18.0 Å². The van der Waals surface area contributed by atoms with Gasteiger partial charge < -0.3 is 15.5 Å². The van der Waals surface area contributed by atoms with Gasteiger partial charge in [0.2, 0.25) is 11.8 Å². The van der Waals surface area contributed by atoms with Crippen LogP contribution in [0, 0.1) is 28.6 Å². The van der Waals surface area contributed by atoms with E-state index in [4.69, 9.17) is 5.26 Å². The number of thioether (sulfide) groups is 1. The number of hydrogen-bond acceptors (Lipinski definition) is 7. The predicted octanol–water partition coefficient (Wildman–Crippen LogP) is 2.85. The highest BCUT2D eigenvalue weighted by Crippen LogP contribution is 2.38. The molecular weight excluding hydrogens is 496 g/mol. The molecule has 198 valence electrons. The van der Waals surface area contributed by atoms with Gasteiger partial charge in [-0.25, -0.2) is 8.42 Å². The smallest absolute Gasteiger partial charge is 0.236 e. The second-order valence-corrected chi connectivity index (χ2v) is 13.9. The van der Waals surface area contributed by atoms with E-state index >= 15 is 0 Å². The fourth-order valence-electron chi connectivity index (χ4n) is 4.90. The highest BCUT2D eigenvalue weighted by Gasteiger charge is 2.36. The van der Waals surface area contributed by atoms with E-state index in [0.717, 1.165) is 30.8 Å². The molecule has 2 fully saturated rings. The Bertz CT molecular complexity index is 1050. The molecular formula is C26H38N4O4S2. The average Bonchev–Trinajstić information content (AvgIpc) is 2.85. The van der Waals surface area contributed by atoms with Crippen LogP contribution >= 0.6 is 11.8 Å². The van der Waals surface area contributed by atoms with Crippen molar-refractivity contribution >= 4 is 33.4 Å². The zero-order valence-electron chi connectivity index (χ0n) is 21.5. The van der Waals surface area contributed by atoms with Crippen LogP contribution in [0.5, 0.6) is 0 Å². The number of nitrogens with zero attached hydrogens (tertiary/aromatic N) is 2. The third-order valence-electron chi connectivity index (χ3n) is 6.90. The van der Waals surface area contributed by atoms with Crippen LogP contribution in [0.3, 0.4) is 0 Å². The molecule has 10 heteroatoms. The highest BCUT2D eigenvalue weighted by molar-refractivity contribution is 8.00. The van der Waals surface area contributed by atoms with Crippen molar-refractivity contribution in [1.82, 2.24) is 15.5 Å². The van der Waals surface area contributed by atoms with Crippen molar-refractivity contribution in [3.05, 3.63) is 24.3 Å². The van der Waals surface area contributed by atoms with Gasteiger partial charge in [0.25, 0.3) is 0 Å². The van der Waals surface area contributed by atoms with Crippen molar-refractivity contribution in [3.63, 3.8) is 0 Å². The van der Waals surface area contributed by atoms with E-state index in [-0.39, 0.29) is 51.5 Å². The molecule has 0 spiro atoms. The Hall–Kier alpha value is -2.09. The Morgan fingerprint density at radius 3 is 2.42 bits per heavy atom. The molecule has 2 aliphatic rings. The van der Waals surface area contributed by atoms with Gasteiger partial charge in [-0.3, -0.25) is 9.59 Å². The lowest BCUT2D eigenvalue weighted by Crippen LogP contribution is -2.51.